The molecule has 20 heavy (non-hydrogen) atoms. The van der Waals surface area contributed by atoms with Gasteiger partial charge in [-0.05, 0) is 26.0 Å². The molecule has 5 nitrogen and oxygen atoms in total. The standard InChI is InChI=1S/C15H21NO4/c1-15(2,14(17)18-3)10-16-11-5-6-12-13(9-11)20-8-4-7-19-12/h5-6,9,16H,4,7-8,10H2,1-3H3. The zero-order valence-electron chi connectivity index (χ0n) is 12.2. The van der Waals surface area contributed by atoms with Crippen LogP contribution in [0.3, 0.4) is 0 Å². The van der Waals surface area contributed by atoms with Crippen LogP contribution in [0.1, 0.15) is 20.3 Å². The highest BCUT2D eigenvalue weighted by Gasteiger charge is 2.28. The second-order valence-corrected chi connectivity index (χ2v) is 5.44. The van der Waals surface area contributed by atoms with E-state index in [0.29, 0.717) is 19.8 Å². The van der Waals surface area contributed by atoms with Crippen LogP contribution in [0.15, 0.2) is 18.2 Å². The number of ether oxygens (including phenoxy) is 3. The zero-order chi connectivity index (χ0) is 14.6. The summed E-state index contributed by atoms with van der Waals surface area (Å²) in [7, 11) is 1.40. The summed E-state index contributed by atoms with van der Waals surface area (Å²) in [5, 5.41) is 3.23. The van der Waals surface area contributed by atoms with Crippen molar-refractivity contribution in [3.63, 3.8) is 0 Å². The lowest BCUT2D eigenvalue weighted by atomic mass is 9.93. The first-order valence-corrected chi connectivity index (χ1v) is 6.75. The normalized spacial score (nSPS) is 14.3. The van der Waals surface area contributed by atoms with E-state index in [1.54, 1.807) is 0 Å². The molecule has 0 saturated carbocycles. The topological polar surface area (TPSA) is 56.8 Å². The second kappa shape index (κ2) is 6.03. The number of benzene rings is 1. The average Bonchev–Trinajstić information content (AvgIpc) is 2.68. The fourth-order valence-electron chi connectivity index (χ4n) is 1.94. The van der Waals surface area contributed by atoms with Crippen molar-refractivity contribution in [1.29, 1.82) is 0 Å². The molecule has 110 valence electrons. The molecule has 5 heteroatoms. The summed E-state index contributed by atoms with van der Waals surface area (Å²) in [5.41, 5.74) is 0.310. The third kappa shape index (κ3) is 3.35. The second-order valence-electron chi connectivity index (χ2n) is 5.44. The third-order valence-corrected chi connectivity index (χ3v) is 3.22. The maximum Gasteiger partial charge on any atom is 0.313 e. The average molecular weight is 279 g/mol. The maximum absolute atomic E-state index is 11.6. The first-order chi connectivity index (χ1) is 9.53. The van der Waals surface area contributed by atoms with E-state index in [-0.39, 0.29) is 5.97 Å². The van der Waals surface area contributed by atoms with Crippen LogP contribution in [-0.2, 0) is 9.53 Å². The van der Waals surface area contributed by atoms with Crippen LogP contribution in [0, 0.1) is 5.41 Å². The minimum atomic E-state index is -0.584. The Kier molecular flexibility index (Phi) is 4.37. The summed E-state index contributed by atoms with van der Waals surface area (Å²) < 4.78 is 16.0. The molecule has 1 aromatic carbocycles. The lowest BCUT2D eigenvalue weighted by Gasteiger charge is -2.22. The number of nitrogens with one attached hydrogen (secondary N) is 1. The summed E-state index contributed by atoms with van der Waals surface area (Å²) in [6.45, 7) is 5.50. The summed E-state index contributed by atoms with van der Waals surface area (Å²) in [6, 6.07) is 5.70. The molecular formula is C15H21NO4. The van der Waals surface area contributed by atoms with Gasteiger partial charge in [0.1, 0.15) is 0 Å². The molecule has 0 aliphatic carbocycles. The van der Waals surface area contributed by atoms with Crippen LogP contribution < -0.4 is 14.8 Å². The fourth-order valence-corrected chi connectivity index (χ4v) is 1.94. The van der Waals surface area contributed by atoms with Gasteiger partial charge in [0, 0.05) is 24.7 Å². The summed E-state index contributed by atoms with van der Waals surface area (Å²) >= 11 is 0. The van der Waals surface area contributed by atoms with Gasteiger partial charge in [-0.15, -0.1) is 0 Å². The highest BCUT2D eigenvalue weighted by Crippen LogP contribution is 2.32. The minimum Gasteiger partial charge on any atom is -0.490 e. The number of esters is 1. The van der Waals surface area contributed by atoms with E-state index in [2.05, 4.69) is 5.32 Å². The highest BCUT2D eigenvalue weighted by atomic mass is 16.5. The molecule has 1 heterocycles. The monoisotopic (exact) mass is 279 g/mol. The Morgan fingerprint density at radius 3 is 2.70 bits per heavy atom. The number of carbonyl (C=O) groups is 1. The number of methoxy groups -OCH3 is 1. The van der Waals surface area contributed by atoms with E-state index in [1.807, 2.05) is 32.0 Å². The Bertz CT molecular complexity index is 485. The molecule has 1 aliphatic rings. The molecule has 0 spiro atoms. The molecule has 0 amide bonds. The quantitative estimate of drug-likeness (QED) is 0.858. The highest BCUT2D eigenvalue weighted by molar-refractivity contribution is 5.76. The first kappa shape index (κ1) is 14.5. The van der Waals surface area contributed by atoms with Gasteiger partial charge in [-0.25, -0.2) is 0 Å². The van der Waals surface area contributed by atoms with Crippen molar-refractivity contribution in [1.82, 2.24) is 0 Å². The van der Waals surface area contributed by atoms with Crippen LogP contribution in [-0.4, -0.2) is 32.8 Å². The molecule has 0 fully saturated rings. The van der Waals surface area contributed by atoms with Crippen molar-refractivity contribution in [2.75, 3.05) is 32.2 Å². The van der Waals surface area contributed by atoms with Crippen molar-refractivity contribution >= 4 is 11.7 Å². The van der Waals surface area contributed by atoms with E-state index in [9.17, 15) is 4.79 Å². The number of carbonyl (C=O) groups excluding carboxylic acids is 1. The predicted molar refractivity (Wildman–Crippen MR) is 76.3 cm³/mol. The molecule has 0 unspecified atom stereocenters. The summed E-state index contributed by atoms with van der Waals surface area (Å²) in [4.78, 5) is 11.6. The van der Waals surface area contributed by atoms with Gasteiger partial charge in [-0.3, -0.25) is 4.79 Å². The maximum atomic E-state index is 11.6. The first-order valence-electron chi connectivity index (χ1n) is 6.75. The van der Waals surface area contributed by atoms with Gasteiger partial charge >= 0.3 is 5.97 Å². The van der Waals surface area contributed by atoms with Crippen LogP contribution >= 0.6 is 0 Å². The van der Waals surface area contributed by atoms with Crippen molar-refractivity contribution in [2.24, 2.45) is 5.41 Å². The lowest BCUT2D eigenvalue weighted by Crippen LogP contribution is -2.33. The predicted octanol–water partition coefficient (Wildman–Crippen LogP) is 2.46. The van der Waals surface area contributed by atoms with Gasteiger partial charge in [0.15, 0.2) is 11.5 Å². The van der Waals surface area contributed by atoms with Gasteiger partial charge in [-0.2, -0.15) is 0 Å². The van der Waals surface area contributed by atoms with Crippen molar-refractivity contribution in [3.8, 4) is 11.5 Å². The van der Waals surface area contributed by atoms with E-state index in [1.165, 1.54) is 7.11 Å². The van der Waals surface area contributed by atoms with Crippen molar-refractivity contribution in [2.45, 2.75) is 20.3 Å². The molecule has 0 atom stereocenters. The Balaban J connectivity index is 2.04. The minimum absolute atomic E-state index is 0.237. The van der Waals surface area contributed by atoms with Crippen LogP contribution in [0.25, 0.3) is 0 Å². The number of hydrogen-bond donors (Lipinski definition) is 1. The largest absolute Gasteiger partial charge is 0.490 e. The fraction of sp³-hybridized carbons (Fsp3) is 0.533. The number of anilines is 1. The SMILES string of the molecule is COC(=O)C(C)(C)CNc1ccc2c(c1)OCCCO2. The molecule has 0 radical (unpaired) electrons. The van der Waals surface area contributed by atoms with Crippen LogP contribution in [0.4, 0.5) is 5.69 Å². The van der Waals surface area contributed by atoms with Gasteiger partial charge in [0.2, 0.25) is 0 Å². The van der Waals surface area contributed by atoms with Gasteiger partial charge in [0.25, 0.3) is 0 Å². The molecular weight excluding hydrogens is 258 g/mol. The Hall–Kier alpha value is -1.91. The Morgan fingerprint density at radius 1 is 1.30 bits per heavy atom. The molecule has 0 saturated heterocycles. The molecule has 1 aliphatic heterocycles. The van der Waals surface area contributed by atoms with E-state index in [4.69, 9.17) is 14.2 Å². The molecule has 0 bridgehead atoms. The summed E-state index contributed by atoms with van der Waals surface area (Å²) in [5.74, 6) is 1.27. The molecule has 1 aromatic rings. The molecule has 1 N–H and O–H groups in total. The van der Waals surface area contributed by atoms with E-state index >= 15 is 0 Å². The van der Waals surface area contributed by atoms with Gasteiger partial charge < -0.3 is 19.5 Å². The van der Waals surface area contributed by atoms with Crippen LogP contribution in [0.2, 0.25) is 0 Å². The van der Waals surface area contributed by atoms with Gasteiger partial charge in [0.05, 0.1) is 25.7 Å². The van der Waals surface area contributed by atoms with Gasteiger partial charge in [-0.1, -0.05) is 0 Å². The van der Waals surface area contributed by atoms with E-state index in [0.717, 1.165) is 23.6 Å². The van der Waals surface area contributed by atoms with Crippen LogP contribution in [0.5, 0.6) is 11.5 Å². The smallest absolute Gasteiger partial charge is 0.313 e. The molecule has 2 rings (SSSR count). The summed E-state index contributed by atoms with van der Waals surface area (Å²) in [6.07, 6.45) is 0.882. The van der Waals surface area contributed by atoms with Crippen molar-refractivity contribution < 1.29 is 19.0 Å². The third-order valence-electron chi connectivity index (χ3n) is 3.22. The number of hydrogen-bond acceptors (Lipinski definition) is 5. The number of rotatable bonds is 4. The zero-order valence-corrected chi connectivity index (χ0v) is 12.2. The Morgan fingerprint density at radius 2 is 2.00 bits per heavy atom. The Labute approximate surface area is 119 Å². The number of fused-ring (bicyclic) bond motifs is 1. The molecule has 0 aromatic heterocycles. The van der Waals surface area contributed by atoms with E-state index < -0.39 is 5.41 Å². The lowest BCUT2D eigenvalue weighted by molar-refractivity contribution is -0.149. The van der Waals surface area contributed by atoms with Crippen molar-refractivity contribution in [3.05, 3.63) is 18.2 Å².